The number of likely N-dealkylation sites (tertiary alicyclic amines) is 1. The highest BCUT2D eigenvalue weighted by Gasteiger charge is 2.16. The smallest absolute Gasteiger partial charge is 0.255 e. The van der Waals surface area contributed by atoms with Gasteiger partial charge in [0.25, 0.3) is 5.56 Å². The molecule has 1 amide bonds. The van der Waals surface area contributed by atoms with Crippen LogP contribution in [0.1, 0.15) is 29.9 Å². The summed E-state index contributed by atoms with van der Waals surface area (Å²) < 4.78 is 7.54. The molecule has 4 heterocycles. The van der Waals surface area contributed by atoms with E-state index in [0.717, 1.165) is 48.3 Å². The number of rotatable bonds is 7. The highest BCUT2D eigenvalue weighted by Crippen LogP contribution is 2.24. The Morgan fingerprint density at radius 2 is 1.94 bits per heavy atom. The third-order valence-corrected chi connectivity index (χ3v) is 6.00. The zero-order chi connectivity index (χ0) is 24.2. The molecule has 0 bridgehead atoms. The fraction of sp³-hybridized carbons (Fsp3) is 0.259. The Labute approximate surface area is 203 Å². The fourth-order valence-electron chi connectivity index (χ4n) is 4.42. The molecule has 1 aliphatic rings. The van der Waals surface area contributed by atoms with Gasteiger partial charge in [-0.15, -0.1) is 0 Å². The van der Waals surface area contributed by atoms with Crippen molar-refractivity contribution in [1.29, 1.82) is 0 Å². The van der Waals surface area contributed by atoms with Crippen LogP contribution in [0.4, 0.5) is 5.69 Å². The van der Waals surface area contributed by atoms with E-state index in [9.17, 15) is 9.59 Å². The van der Waals surface area contributed by atoms with Crippen molar-refractivity contribution in [2.24, 2.45) is 0 Å². The SMILES string of the molecule is Cc1cc(Cc2ncc(-c3cncc(-n4ccccc4=O)c3)o2)cc(NC(=O)CN2CCCC2)c1. The quantitative estimate of drug-likeness (QED) is 0.442. The number of anilines is 1. The summed E-state index contributed by atoms with van der Waals surface area (Å²) in [6.07, 6.45) is 9.49. The molecule has 0 radical (unpaired) electrons. The van der Waals surface area contributed by atoms with Gasteiger partial charge in [0.05, 0.1) is 24.6 Å². The molecule has 0 atom stereocenters. The number of pyridine rings is 2. The maximum atomic E-state index is 12.4. The van der Waals surface area contributed by atoms with Crippen molar-refractivity contribution in [3.8, 4) is 17.0 Å². The number of nitrogens with zero attached hydrogens (tertiary/aromatic N) is 4. The summed E-state index contributed by atoms with van der Waals surface area (Å²) in [4.78, 5) is 35.5. The van der Waals surface area contributed by atoms with Gasteiger partial charge in [-0.1, -0.05) is 12.1 Å². The van der Waals surface area contributed by atoms with E-state index in [0.29, 0.717) is 30.3 Å². The summed E-state index contributed by atoms with van der Waals surface area (Å²) in [6, 6.07) is 12.8. The number of nitrogens with one attached hydrogen (secondary N) is 1. The molecule has 0 saturated carbocycles. The number of aromatic nitrogens is 3. The van der Waals surface area contributed by atoms with Gasteiger partial charge in [-0.2, -0.15) is 0 Å². The summed E-state index contributed by atoms with van der Waals surface area (Å²) in [5.74, 6) is 1.14. The van der Waals surface area contributed by atoms with Crippen LogP contribution in [0.2, 0.25) is 0 Å². The minimum atomic E-state index is -0.132. The van der Waals surface area contributed by atoms with E-state index >= 15 is 0 Å². The summed E-state index contributed by atoms with van der Waals surface area (Å²) in [6.45, 7) is 4.40. The molecule has 5 rings (SSSR count). The molecule has 0 unspecified atom stereocenters. The highest BCUT2D eigenvalue weighted by atomic mass is 16.4. The highest BCUT2D eigenvalue weighted by molar-refractivity contribution is 5.92. The first kappa shape index (κ1) is 22.7. The van der Waals surface area contributed by atoms with Crippen LogP contribution in [0, 0.1) is 6.92 Å². The Balaban J connectivity index is 1.30. The molecule has 1 fully saturated rings. The lowest BCUT2D eigenvalue weighted by Crippen LogP contribution is -2.30. The summed E-state index contributed by atoms with van der Waals surface area (Å²) in [5.41, 5.74) is 4.08. The van der Waals surface area contributed by atoms with Crippen LogP contribution >= 0.6 is 0 Å². The molecular formula is C27H27N5O3. The standard InChI is InChI=1S/C27H27N5O3/c1-19-10-20(12-22(11-19)30-25(33)18-31-7-4-5-8-31)13-26-29-17-24(35-26)21-14-23(16-28-15-21)32-9-3-2-6-27(32)34/h2-3,6,9-12,14-17H,4-5,7-8,13,18H2,1H3,(H,30,33). The third-order valence-electron chi connectivity index (χ3n) is 6.00. The average molecular weight is 470 g/mol. The number of carbonyl (C=O) groups is 1. The van der Waals surface area contributed by atoms with Gasteiger partial charge in [0.15, 0.2) is 11.7 Å². The Bertz CT molecular complexity index is 1400. The third kappa shape index (κ3) is 5.55. The van der Waals surface area contributed by atoms with Crippen molar-refractivity contribution in [2.45, 2.75) is 26.2 Å². The number of amides is 1. The van der Waals surface area contributed by atoms with Crippen molar-refractivity contribution < 1.29 is 9.21 Å². The lowest BCUT2D eigenvalue weighted by Gasteiger charge is -2.14. The van der Waals surface area contributed by atoms with Crippen molar-refractivity contribution in [1.82, 2.24) is 19.4 Å². The first-order valence-corrected chi connectivity index (χ1v) is 11.7. The minimum Gasteiger partial charge on any atom is -0.440 e. The predicted octanol–water partition coefficient (Wildman–Crippen LogP) is 3.82. The van der Waals surface area contributed by atoms with E-state index in [-0.39, 0.29) is 11.5 Å². The van der Waals surface area contributed by atoms with Gasteiger partial charge < -0.3 is 9.73 Å². The number of hydrogen-bond acceptors (Lipinski definition) is 6. The Kier molecular flexibility index (Phi) is 6.54. The van der Waals surface area contributed by atoms with Gasteiger partial charge in [-0.05, 0) is 68.2 Å². The van der Waals surface area contributed by atoms with Gasteiger partial charge in [0.1, 0.15) is 0 Å². The number of carbonyl (C=O) groups excluding carboxylic acids is 1. The topological polar surface area (TPSA) is 93.3 Å². The molecule has 1 saturated heterocycles. The van der Waals surface area contributed by atoms with Gasteiger partial charge in [-0.3, -0.25) is 24.0 Å². The minimum absolute atomic E-state index is 0.00626. The molecule has 35 heavy (non-hydrogen) atoms. The molecule has 8 heteroatoms. The van der Waals surface area contributed by atoms with Crippen LogP contribution < -0.4 is 10.9 Å². The largest absolute Gasteiger partial charge is 0.440 e. The molecule has 4 aromatic rings. The van der Waals surface area contributed by atoms with Crippen LogP contribution in [0.15, 0.2) is 76.5 Å². The van der Waals surface area contributed by atoms with Crippen LogP contribution in [-0.2, 0) is 11.2 Å². The molecule has 1 aliphatic heterocycles. The second-order valence-corrected chi connectivity index (χ2v) is 8.87. The average Bonchev–Trinajstić information content (AvgIpc) is 3.51. The summed E-state index contributed by atoms with van der Waals surface area (Å²) in [5, 5.41) is 3.03. The first-order valence-electron chi connectivity index (χ1n) is 11.7. The molecule has 178 valence electrons. The summed E-state index contributed by atoms with van der Waals surface area (Å²) >= 11 is 0. The lowest BCUT2D eigenvalue weighted by molar-refractivity contribution is -0.117. The Hall–Kier alpha value is -4.04. The monoisotopic (exact) mass is 469 g/mol. The van der Waals surface area contributed by atoms with Crippen LogP contribution in [0.3, 0.4) is 0 Å². The molecule has 8 nitrogen and oxygen atoms in total. The maximum Gasteiger partial charge on any atom is 0.255 e. The fourth-order valence-corrected chi connectivity index (χ4v) is 4.42. The molecule has 0 spiro atoms. The first-order chi connectivity index (χ1) is 17.0. The van der Waals surface area contributed by atoms with Gasteiger partial charge in [0.2, 0.25) is 5.91 Å². The lowest BCUT2D eigenvalue weighted by atomic mass is 10.1. The molecular weight excluding hydrogens is 442 g/mol. The molecule has 3 aromatic heterocycles. The van der Waals surface area contributed by atoms with Gasteiger partial charge in [0, 0.05) is 36.1 Å². The second-order valence-electron chi connectivity index (χ2n) is 8.87. The Morgan fingerprint density at radius 1 is 1.09 bits per heavy atom. The van der Waals surface area contributed by atoms with E-state index in [2.05, 4.69) is 26.3 Å². The van der Waals surface area contributed by atoms with Crippen molar-refractivity contribution in [2.75, 3.05) is 25.0 Å². The van der Waals surface area contributed by atoms with E-state index in [1.807, 2.05) is 25.1 Å². The normalized spacial score (nSPS) is 13.7. The predicted molar refractivity (Wildman–Crippen MR) is 134 cm³/mol. The number of hydrogen-bond donors (Lipinski definition) is 1. The zero-order valence-corrected chi connectivity index (χ0v) is 19.6. The molecule has 1 N–H and O–H groups in total. The number of aryl methyl sites for hydroxylation is 1. The van der Waals surface area contributed by atoms with E-state index in [1.165, 1.54) is 10.6 Å². The van der Waals surface area contributed by atoms with Crippen molar-refractivity contribution in [3.63, 3.8) is 0 Å². The summed E-state index contributed by atoms with van der Waals surface area (Å²) in [7, 11) is 0. The molecule has 0 aliphatic carbocycles. The van der Waals surface area contributed by atoms with Crippen molar-refractivity contribution in [3.05, 3.63) is 94.6 Å². The van der Waals surface area contributed by atoms with Gasteiger partial charge >= 0.3 is 0 Å². The van der Waals surface area contributed by atoms with E-state index in [4.69, 9.17) is 4.42 Å². The maximum absolute atomic E-state index is 12.4. The van der Waals surface area contributed by atoms with E-state index < -0.39 is 0 Å². The Morgan fingerprint density at radius 3 is 2.77 bits per heavy atom. The molecule has 1 aromatic carbocycles. The number of benzene rings is 1. The van der Waals surface area contributed by atoms with Gasteiger partial charge in [-0.25, -0.2) is 4.98 Å². The zero-order valence-electron chi connectivity index (χ0n) is 19.6. The van der Waals surface area contributed by atoms with Crippen LogP contribution in [0.25, 0.3) is 17.0 Å². The van der Waals surface area contributed by atoms with Crippen LogP contribution in [0.5, 0.6) is 0 Å². The van der Waals surface area contributed by atoms with Crippen molar-refractivity contribution >= 4 is 11.6 Å². The van der Waals surface area contributed by atoms with E-state index in [1.54, 1.807) is 36.9 Å². The second kappa shape index (κ2) is 10.1. The number of oxazole rings is 1. The van der Waals surface area contributed by atoms with Crippen LogP contribution in [-0.4, -0.2) is 45.0 Å².